The standard InChI is InChI=1S/C10H8BrNO.C9H5Br2N/c1-13-7-5-8-9(11)3-2-4-10(8)12-6-7;10-6-4-7-8(11)2-1-3-9(7)12-5-6/h2-6H,1H3;1-5H. The number of fused-ring (bicyclic) bond motifs is 2. The second-order valence-electron chi connectivity index (χ2n) is 5.14. The number of ether oxygens (including phenoxy) is 1. The molecule has 0 spiro atoms. The van der Waals surface area contributed by atoms with Crippen molar-refractivity contribution in [1.29, 1.82) is 0 Å². The van der Waals surface area contributed by atoms with E-state index in [4.69, 9.17) is 4.74 Å². The first-order chi connectivity index (χ1) is 12.1. The third-order valence-electron chi connectivity index (χ3n) is 3.52. The summed E-state index contributed by atoms with van der Waals surface area (Å²) in [5.41, 5.74) is 1.97. The highest BCUT2D eigenvalue weighted by Crippen LogP contribution is 2.26. The van der Waals surface area contributed by atoms with Gasteiger partial charge in [-0.15, -0.1) is 0 Å². The lowest BCUT2D eigenvalue weighted by Gasteiger charge is -2.02. The first-order valence-electron chi connectivity index (χ1n) is 7.36. The third-order valence-corrected chi connectivity index (χ3v) is 5.34. The molecule has 6 heteroatoms. The van der Waals surface area contributed by atoms with E-state index >= 15 is 0 Å². The molecular weight excluding hydrogens is 512 g/mol. The summed E-state index contributed by atoms with van der Waals surface area (Å²) in [5, 5.41) is 2.20. The SMILES string of the molecule is Brc1cnc2cccc(Br)c2c1.COc1cnc2cccc(Br)c2c1. The predicted octanol–water partition coefficient (Wildman–Crippen LogP) is 6.77. The molecule has 0 aliphatic heterocycles. The van der Waals surface area contributed by atoms with Crippen molar-refractivity contribution < 1.29 is 4.74 Å². The Morgan fingerprint density at radius 1 is 0.760 bits per heavy atom. The highest BCUT2D eigenvalue weighted by atomic mass is 79.9. The van der Waals surface area contributed by atoms with Crippen molar-refractivity contribution in [2.24, 2.45) is 0 Å². The fraction of sp³-hybridized carbons (Fsp3) is 0.0526. The first-order valence-corrected chi connectivity index (χ1v) is 9.74. The van der Waals surface area contributed by atoms with Crippen LogP contribution in [0.2, 0.25) is 0 Å². The highest BCUT2D eigenvalue weighted by Gasteiger charge is 2.00. The molecule has 4 aromatic rings. The van der Waals surface area contributed by atoms with Gasteiger partial charge < -0.3 is 4.74 Å². The maximum Gasteiger partial charge on any atom is 0.137 e. The zero-order chi connectivity index (χ0) is 17.8. The minimum Gasteiger partial charge on any atom is -0.495 e. The number of halogens is 3. The number of hydrogen-bond donors (Lipinski definition) is 0. The summed E-state index contributed by atoms with van der Waals surface area (Å²) >= 11 is 10.3. The average Bonchev–Trinajstić information content (AvgIpc) is 2.63. The molecule has 25 heavy (non-hydrogen) atoms. The number of methoxy groups -OCH3 is 1. The molecule has 0 atom stereocenters. The van der Waals surface area contributed by atoms with Crippen LogP contribution in [0.25, 0.3) is 21.8 Å². The number of rotatable bonds is 1. The van der Waals surface area contributed by atoms with Gasteiger partial charge in [-0.1, -0.05) is 44.0 Å². The van der Waals surface area contributed by atoms with Crippen LogP contribution in [0.15, 0.2) is 74.3 Å². The van der Waals surface area contributed by atoms with E-state index in [-0.39, 0.29) is 0 Å². The Hall–Kier alpha value is -1.50. The van der Waals surface area contributed by atoms with Crippen LogP contribution in [0, 0.1) is 0 Å². The van der Waals surface area contributed by atoms with Crippen LogP contribution in [0.4, 0.5) is 0 Å². The second-order valence-corrected chi connectivity index (χ2v) is 7.77. The zero-order valence-electron chi connectivity index (χ0n) is 13.2. The average molecular weight is 525 g/mol. The van der Waals surface area contributed by atoms with Crippen LogP contribution in [-0.4, -0.2) is 17.1 Å². The van der Waals surface area contributed by atoms with E-state index in [1.807, 2.05) is 48.5 Å². The maximum absolute atomic E-state index is 5.09. The predicted molar refractivity (Wildman–Crippen MR) is 113 cm³/mol. The van der Waals surface area contributed by atoms with E-state index in [9.17, 15) is 0 Å². The molecule has 2 aromatic heterocycles. The van der Waals surface area contributed by atoms with Crippen LogP contribution >= 0.6 is 47.8 Å². The Morgan fingerprint density at radius 2 is 1.32 bits per heavy atom. The summed E-state index contributed by atoms with van der Waals surface area (Å²) in [4.78, 5) is 8.52. The van der Waals surface area contributed by atoms with Crippen molar-refractivity contribution in [3.63, 3.8) is 0 Å². The highest BCUT2D eigenvalue weighted by molar-refractivity contribution is 9.11. The van der Waals surface area contributed by atoms with E-state index in [0.29, 0.717) is 0 Å². The summed E-state index contributed by atoms with van der Waals surface area (Å²) in [7, 11) is 1.64. The fourth-order valence-electron chi connectivity index (χ4n) is 2.29. The molecule has 2 heterocycles. The van der Waals surface area contributed by atoms with Crippen LogP contribution in [-0.2, 0) is 0 Å². The molecule has 0 N–H and O–H groups in total. The Labute approximate surface area is 170 Å². The summed E-state index contributed by atoms with van der Waals surface area (Å²) in [6.07, 6.45) is 3.52. The molecule has 3 nitrogen and oxygen atoms in total. The Kier molecular flexibility index (Phi) is 6.04. The molecule has 0 aliphatic rings. The molecule has 0 fully saturated rings. The van der Waals surface area contributed by atoms with Gasteiger partial charge in [0.25, 0.3) is 0 Å². The summed E-state index contributed by atoms with van der Waals surface area (Å²) in [5.74, 6) is 0.777. The lowest BCUT2D eigenvalue weighted by molar-refractivity contribution is 0.414. The monoisotopic (exact) mass is 522 g/mol. The largest absolute Gasteiger partial charge is 0.495 e. The van der Waals surface area contributed by atoms with Gasteiger partial charge in [-0.25, -0.2) is 0 Å². The van der Waals surface area contributed by atoms with Crippen LogP contribution in [0.5, 0.6) is 5.75 Å². The quantitative estimate of drug-likeness (QED) is 0.276. The second kappa shape index (κ2) is 8.25. The molecular formula is C19H13Br3N2O. The molecule has 126 valence electrons. The third kappa shape index (κ3) is 4.37. The molecule has 0 bridgehead atoms. The maximum atomic E-state index is 5.09. The fourth-order valence-corrected chi connectivity index (χ4v) is 3.56. The van der Waals surface area contributed by atoms with Crippen LogP contribution in [0.3, 0.4) is 0 Å². The molecule has 0 aliphatic carbocycles. The molecule has 0 amide bonds. The normalized spacial score (nSPS) is 10.4. The van der Waals surface area contributed by atoms with Gasteiger partial charge in [-0.05, 0) is 52.3 Å². The van der Waals surface area contributed by atoms with E-state index < -0.39 is 0 Å². The van der Waals surface area contributed by atoms with Gasteiger partial charge in [-0.3, -0.25) is 9.97 Å². The summed E-state index contributed by atoms with van der Waals surface area (Å²) in [6, 6.07) is 15.9. The molecule has 0 radical (unpaired) electrons. The van der Waals surface area contributed by atoms with E-state index in [1.165, 1.54) is 0 Å². The van der Waals surface area contributed by atoms with Crippen molar-refractivity contribution in [3.8, 4) is 5.75 Å². The van der Waals surface area contributed by atoms with Gasteiger partial charge in [-0.2, -0.15) is 0 Å². The van der Waals surface area contributed by atoms with E-state index in [2.05, 4.69) is 57.8 Å². The van der Waals surface area contributed by atoms with E-state index in [0.717, 1.165) is 41.0 Å². The lowest BCUT2D eigenvalue weighted by Crippen LogP contribution is -1.85. The molecule has 0 saturated heterocycles. The van der Waals surface area contributed by atoms with Gasteiger partial charge in [0.1, 0.15) is 5.75 Å². The van der Waals surface area contributed by atoms with Gasteiger partial charge in [0.2, 0.25) is 0 Å². The van der Waals surface area contributed by atoms with Crippen molar-refractivity contribution in [2.45, 2.75) is 0 Å². The lowest BCUT2D eigenvalue weighted by atomic mass is 10.2. The molecule has 0 unspecified atom stereocenters. The van der Waals surface area contributed by atoms with Crippen LogP contribution in [0.1, 0.15) is 0 Å². The van der Waals surface area contributed by atoms with Crippen molar-refractivity contribution in [3.05, 3.63) is 74.3 Å². The van der Waals surface area contributed by atoms with E-state index in [1.54, 1.807) is 19.5 Å². The topological polar surface area (TPSA) is 35.0 Å². The van der Waals surface area contributed by atoms with Crippen molar-refractivity contribution in [2.75, 3.05) is 7.11 Å². The minimum atomic E-state index is 0.777. The first kappa shape index (κ1) is 18.3. The Morgan fingerprint density at radius 3 is 1.92 bits per heavy atom. The number of nitrogens with zero attached hydrogens (tertiary/aromatic N) is 2. The summed E-state index contributed by atoms with van der Waals surface area (Å²) in [6.45, 7) is 0. The number of pyridine rings is 2. The van der Waals surface area contributed by atoms with Gasteiger partial charge >= 0.3 is 0 Å². The van der Waals surface area contributed by atoms with Gasteiger partial charge in [0.15, 0.2) is 0 Å². The summed E-state index contributed by atoms with van der Waals surface area (Å²) < 4.78 is 8.21. The number of benzene rings is 2. The van der Waals surface area contributed by atoms with Gasteiger partial charge in [0.05, 0.1) is 24.3 Å². The molecule has 2 aromatic carbocycles. The molecule has 4 rings (SSSR count). The van der Waals surface area contributed by atoms with Crippen molar-refractivity contribution >= 4 is 69.6 Å². The van der Waals surface area contributed by atoms with Crippen LogP contribution < -0.4 is 4.74 Å². The zero-order valence-corrected chi connectivity index (χ0v) is 18.0. The Balaban J connectivity index is 0.000000146. The van der Waals surface area contributed by atoms with Crippen molar-refractivity contribution in [1.82, 2.24) is 9.97 Å². The number of aromatic nitrogens is 2. The molecule has 0 saturated carbocycles. The van der Waals surface area contributed by atoms with Gasteiger partial charge in [0, 0.05) is 30.4 Å². The smallest absolute Gasteiger partial charge is 0.137 e. The number of hydrogen-bond acceptors (Lipinski definition) is 3. The Bertz CT molecular complexity index is 1040. The minimum absolute atomic E-state index is 0.777.